The van der Waals surface area contributed by atoms with Gasteiger partial charge in [-0.05, 0) is 44.4 Å². The van der Waals surface area contributed by atoms with Gasteiger partial charge >= 0.3 is 0 Å². The molecule has 144 valence electrons. The van der Waals surface area contributed by atoms with E-state index < -0.39 is 5.91 Å². The lowest BCUT2D eigenvalue weighted by Crippen LogP contribution is -2.14. The molecule has 1 atom stereocenters. The van der Waals surface area contributed by atoms with E-state index in [0.29, 0.717) is 12.4 Å². The van der Waals surface area contributed by atoms with Crippen molar-refractivity contribution in [3.8, 4) is 6.07 Å². The minimum atomic E-state index is -0.478. The molecule has 0 bridgehead atoms. The first-order valence-corrected chi connectivity index (χ1v) is 8.94. The van der Waals surface area contributed by atoms with Crippen molar-refractivity contribution in [3.63, 3.8) is 0 Å². The third kappa shape index (κ3) is 4.66. The molecule has 1 unspecified atom stereocenters. The number of hydrogen-bond donors (Lipinski definition) is 2. The summed E-state index contributed by atoms with van der Waals surface area (Å²) in [5.41, 5.74) is 3.83. The highest BCUT2D eigenvalue weighted by Crippen LogP contribution is 2.23. The van der Waals surface area contributed by atoms with Crippen LogP contribution in [-0.2, 0) is 9.53 Å². The lowest BCUT2D eigenvalue weighted by molar-refractivity contribution is -0.112. The maximum atomic E-state index is 12.5. The second kappa shape index (κ2) is 8.69. The third-order valence-corrected chi connectivity index (χ3v) is 4.50. The van der Waals surface area contributed by atoms with Crippen molar-refractivity contribution >= 4 is 17.8 Å². The van der Waals surface area contributed by atoms with Gasteiger partial charge in [0.2, 0.25) is 0 Å². The summed E-state index contributed by atoms with van der Waals surface area (Å²) in [6.07, 6.45) is 1.61. The maximum absolute atomic E-state index is 12.5. The predicted octanol–water partition coefficient (Wildman–Crippen LogP) is 3.70. The molecule has 2 heterocycles. The van der Waals surface area contributed by atoms with Crippen molar-refractivity contribution in [1.29, 1.82) is 5.26 Å². The average molecular weight is 369 g/mol. The standard InChI is InChI=1S/C20H27N5O2/c1-12(2)18-9-19(24-23-18)22-20(26)17(10-21)8-16-7-13(3)25(15(16)5)14(4)11-27-6/h7-9,12,14H,11H2,1-6H3,(H2,22,23,24,26). The number of aromatic amines is 1. The highest BCUT2D eigenvalue weighted by atomic mass is 16.5. The Balaban J connectivity index is 2.26. The lowest BCUT2D eigenvalue weighted by Gasteiger charge is -2.17. The lowest BCUT2D eigenvalue weighted by atomic mass is 10.1. The third-order valence-electron chi connectivity index (χ3n) is 4.50. The summed E-state index contributed by atoms with van der Waals surface area (Å²) in [5, 5.41) is 19.1. The molecule has 1 amide bonds. The Morgan fingerprint density at radius 1 is 1.41 bits per heavy atom. The largest absolute Gasteiger partial charge is 0.383 e. The highest BCUT2D eigenvalue weighted by Gasteiger charge is 2.16. The van der Waals surface area contributed by atoms with Crippen LogP contribution in [0.3, 0.4) is 0 Å². The Morgan fingerprint density at radius 3 is 2.67 bits per heavy atom. The number of nitrogens with one attached hydrogen (secondary N) is 2. The van der Waals surface area contributed by atoms with E-state index in [1.807, 2.05) is 39.8 Å². The van der Waals surface area contributed by atoms with Gasteiger partial charge in [0.1, 0.15) is 11.6 Å². The smallest absolute Gasteiger partial charge is 0.267 e. The molecule has 0 aliphatic heterocycles. The second-order valence-electron chi connectivity index (χ2n) is 6.99. The Kier molecular flexibility index (Phi) is 6.59. The molecule has 2 aromatic rings. The number of carbonyl (C=O) groups excluding carboxylic acids is 1. The van der Waals surface area contributed by atoms with Gasteiger partial charge in [-0.1, -0.05) is 13.8 Å². The highest BCUT2D eigenvalue weighted by molar-refractivity contribution is 6.09. The molecule has 7 nitrogen and oxygen atoms in total. The van der Waals surface area contributed by atoms with Gasteiger partial charge in [-0.3, -0.25) is 9.89 Å². The summed E-state index contributed by atoms with van der Waals surface area (Å²) in [4.78, 5) is 12.5. The number of aromatic nitrogens is 3. The van der Waals surface area contributed by atoms with E-state index in [9.17, 15) is 10.1 Å². The van der Waals surface area contributed by atoms with Crippen LogP contribution < -0.4 is 5.32 Å². The van der Waals surface area contributed by atoms with E-state index >= 15 is 0 Å². The number of H-pyrrole nitrogens is 1. The number of ether oxygens (including phenoxy) is 1. The van der Waals surface area contributed by atoms with E-state index in [1.165, 1.54) is 0 Å². The molecule has 0 spiro atoms. The minimum absolute atomic E-state index is 0.0312. The molecule has 0 radical (unpaired) electrons. The van der Waals surface area contributed by atoms with E-state index in [4.69, 9.17) is 4.74 Å². The molecule has 27 heavy (non-hydrogen) atoms. The summed E-state index contributed by atoms with van der Waals surface area (Å²) >= 11 is 0. The first-order valence-electron chi connectivity index (χ1n) is 8.94. The van der Waals surface area contributed by atoms with E-state index in [2.05, 4.69) is 27.0 Å². The number of rotatable bonds is 7. The van der Waals surface area contributed by atoms with Crippen LogP contribution in [0.2, 0.25) is 0 Å². The van der Waals surface area contributed by atoms with E-state index in [-0.39, 0.29) is 17.5 Å². The summed E-state index contributed by atoms with van der Waals surface area (Å²) in [6, 6.07) is 5.89. The first kappa shape index (κ1) is 20.5. The fraction of sp³-hybridized carbons (Fsp3) is 0.450. The number of hydrogen-bond acceptors (Lipinski definition) is 4. The molecule has 0 aliphatic rings. The first-order chi connectivity index (χ1) is 12.8. The molecule has 2 N–H and O–H groups in total. The number of carbonyl (C=O) groups is 1. The minimum Gasteiger partial charge on any atom is -0.383 e. The molecule has 2 rings (SSSR count). The average Bonchev–Trinajstić information content (AvgIpc) is 3.17. The van der Waals surface area contributed by atoms with Crippen LogP contribution in [0.4, 0.5) is 5.82 Å². The number of methoxy groups -OCH3 is 1. The molecule has 0 aromatic carbocycles. The van der Waals surface area contributed by atoms with Crippen molar-refractivity contribution in [2.24, 2.45) is 0 Å². The van der Waals surface area contributed by atoms with Crippen molar-refractivity contribution in [3.05, 3.63) is 40.4 Å². The van der Waals surface area contributed by atoms with Crippen LogP contribution in [0.25, 0.3) is 6.08 Å². The number of amides is 1. The summed E-state index contributed by atoms with van der Waals surface area (Å²) in [6.45, 7) is 10.7. The zero-order chi connectivity index (χ0) is 20.1. The van der Waals surface area contributed by atoms with Crippen molar-refractivity contribution in [1.82, 2.24) is 14.8 Å². The monoisotopic (exact) mass is 369 g/mol. The van der Waals surface area contributed by atoms with Gasteiger partial charge in [0.25, 0.3) is 5.91 Å². The molecular formula is C20H27N5O2. The predicted molar refractivity (Wildman–Crippen MR) is 105 cm³/mol. The van der Waals surface area contributed by atoms with Gasteiger partial charge in [-0.25, -0.2) is 0 Å². The molecule has 0 aliphatic carbocycles. The van der Waals surface area contributed by atoms with Gasteiger partial charge in [-0.2, -0.15) is 10.4 Å². The molecule has 0 saturated carbocycles. The maximum Gasteiger partial charge on any atom is 0.267 e. The number of anilines is 1. The van der Waals surface area contributed by atoms with Gasteiger partial charge in [0, 0.05) is 30.3 Å². The summed E-state index contributed by atoms with van der Waals surface area (Å²) < 4.78 is 7.38. The van der Waals surface area contributed by atoms with Crippen molar-refractivity contribution < 1.29 is 9.53 Å². The van der Waals surface area contributed by atoms with Crippen molar-refractivity contribution in [2.75, 3.05) is 19.0 Å². The Bertz CT molecular complexity index is 883. The Labute approximate surface area is 160 Å². The number of aryl methyl sites for hydroxylation is 1. The van der Waals surface area contributed by atoms with Crippen LogP contribution >= 0.6 is 0 Å². The van der Waals surface area contributed by atoms with Crippen LogP contribution in [0, 0.1) is 25.2 Å². The second-order valence-corrected chi connectivity index (χ2v) is 6.99. The van der Waals surface area contributed by atoms with E-state index in [0.717, 1.165) is 22.6 Å². The van der Waals surface area contributed by atoms with E-state index in [1.54, 1.807) is 19.3 Å². The molecule has 0 fully saturated rings. The van der Waals surface area contributed by atoms with Gasteiger partial charge < -0.3 is 14.6 Å². The van der Waals surface area contributed by atoms with Crippen LogP contribution in [0.1, 0.15) is 55.4 Å². The van der Waals surface area contributed by atoms with Gasteiger partial charge in [0.05, 0.1) is 12.6 Å². The zero-order valence-corrected chi connectivity index (χ0v) is 16.8. The normalized spacial score (nSPS) is 12.9. The quantitative estimate of drug-likeness (QED) is 0.574. The van der Waals surface area contributed by atoms with Gasteiger partial charge in [0.15, 0.2) is 5.82 Å². The van der Waals surface area contributed by atoms with Crippen molar-refractivity contribution in [2.45, 2.75) is 46.6 Å². The molecule has 0 saturated heterocycles. The Hall–Kier alpha value is -2.85. The fourth-order valence-electron chi connectivity index (χ4n) is 3.13. The SMILES string of the molecule is COCC(C)n1c(C)cc(C=C(C#N)C(=O)Nc2cc(C(C)C)[nH]n2)c1C. The van der Waals surface area contributed by atoms with Crippen LogP contribution in [-0.4, -0.2) is 34.4 Å². The zero-order valence-electron chi connectivity index (χ0n) is 16.8. The number of nitrogens with zero attached hydrogens (tertiary/aromatic N) is 3. The van der Waals surface area contributed by atoms with Crippen LogP contribution in [0.15, 0.2) is 17.7 Å². The molecule has 2 aromatic heterocycles. The number of nitriles is 1. The van der Waals surface area contributed by atoms with Gasteiger partial charge in [-0.15, -0.1) is 0 Å². The summed E-state index contributed by atoms with van der Waals surface area (Å²) in [7, 11) is 1.67. The molecular weight excluding hydrogens is 342 g/mol. The Morgan fingerprint density at radius 2 is 2.11 bits per heavy atom. The van der Waals surface area contributed by atoms with Crippen LogP contribution in [0.5, 0.6) is 0 Å². The molecule has 7 heteroatoms. The topological polar surface area (TPSA) is 95.7 Å². The fourth-order valence-corrected chi connectivity index (χ4v) is 3.13. The summed E-state index contributed by atoms with van der Waals surface area (Å²) in [5.74, 6) is 0.201.